The summed E-state index contributed by atoms with van der Waals surface area (Å²) in [6.45, 7) is 9.73. The van der Waals surface area contributed by atoms with Crippen LogP contribution in [0.4, 0.5) is 0 Å². The molecule has 1 aromatic heterocycles. The van der Waals surface area contributed by atoms with Crippen molar-refractivity contribution in [3.05, 3.63) is 21.7 Å². The van der Waals surface area contributed by atoms with E-state index in [-0.39, 0.29) is 5.41 Å². The smallest absolute Gasteiger partial charge is 0.0985 e. The van der Waals surface area contributed by atoms with Crippen molar-refractivity contribution in [3.63, 3.8) is 0 Å². The Labute approximate surface area is 103 Å². The minimum absolute atomic E-state index is 0.159. The number of likely N-dealkylation sites (N-methyl/N-ethyl adjacent to an activating group) is 1. The molecule has 1 rings (SSSR count). The summed E-state index contributed by atoms with van der Waals surface area (Å²) in [5.41, 5.74) is 2.65. The quantitative estimate of drug-likeness (QED) is 0.869. The molecule has 0 bridgehead atoms. The maximum absolute atomic E-state index is 4.67. The van der Waals surface area contributed by atoms with E-state index in [4.69, 9.17) is 0 Å². The minimum atomic E-state index is 0.159. The lowest BCUT2D eigenvalue weighted by atomic mass is 9.98. The van der Waals surface area contributed by atoms with Crippen LogP contribution in [0.2, 0.25) is 0 Å². The molecule has 0 aliphatic rings. The van der Waals surface area contributed by atoms with Gasteiger partial charge in [0.25, 0.3) is 0 Å². The zero-order valence-electron chi connectivity index (χ0n) is 10.9. The van der Waals surface area contributed by atoms with Crippen LogP contribution in [0.15, 0.2) is 11.0 Å². The molecule has 0 saturated carbocycles. The van der Waals surface area contributed by atoms with Crippen molar-refractivity contribution in [2.45, 2.75) is 39.5 Å². The van der Waals surface area contributed by atoms with Gasteiger partial charge in [-0.25, -0.2) is 4.98 Å². The second-order valence-corrected chi connectivity index (χ2v) is 5.87. The highest BCUT2D eigenvalue weighted by Crippen LogP contribution is 2.26. The monoisotopic (exact) mass is 238 g/mol. The predicted octanol–water partition coefficient (Wildman–Crippen LogP) is 3.45. The highest BCUT2D eigenvalue weighted by molar-refractivity contribution is 7.09. The Morgan fingerprint density at radius 2 is 2.19 bits per heavy atom. The maximum Gasteiger partial charge on any atom is 0.0985 e. The second-order valence-electron chi connectivity index (χ2n) is 5.01. The van der Waals surface area contributed by atoms with Crippen molar-refractivity contribution in [1.82, 2.24) is 10.3 Å². The van der Waals surface area contributed by atoms with Gasteiger partial charge in [-0.1, -0.05) is 33.3 Å². The van der Waals surface area contributed by atoms with Crippen LogP contribution in [-0.4, -0.2) is 18.6 Å². The third kappa shape index (κ3) is 3.72. The Balaban J connectivity index is 2.85. The van der Waals surface area contributed by atoms with Gasteiger partial charge in [-0.3, -0.25) is 0 Å². The lowest BCUT2D eigenvalue weighted by Crippen LogP contribution is -2.11. The summed E-state index contributed by atoms with van der Waals surface area (Å²) in [7, 11) is 1.98. The molecule has 2 nitrogen and oxygen atoms in total. The number of nitrogens with zero attached hydrogens (tertiary/aromatic N) is 1. The fraction of sp³-hybridized carbons (Fsp3) is 0.615. The summed E-state index contributed by atoms with van der Waals surface area (Å²) in [6.07, 6.45) is 3.27. The zero-order chi connectivity index (χ0) is 12.2. The van der Waals surface area contributed by atoms with Gasteiger partial charge in [-0.2, -0.15) is 0 Å². The molecule has 0 unspecified atom stereocenters. The van der Waals surface area contributed by atoms with Gasteiger partial charge in [0.2, 0.25) is 0 Å². The molecule has 1 heterocycles. The van der Waals surface area contributed by atoms with Crippen molar-refractivity contribution in [3.8, 4) is 0 Å². The van der Waals surface area contributed by atoms with E-state index < -0.39 is 0 Å². The predicted molar refractivity (Wildman–Crippen MR) is 73.0 cm³/mol. The molecule has 1 N–H and O–H groups in total. The van der Waals surface area contributed by atoms with Gasteiger partial charge < -0.3 is 5.32 Å². The Kier molecular flexibility index (Phi) is 4.69. The van der Waals surface area contributed by atoms with Gasteiger partial charge in [-0.05, 0) is 19.5 Å². The average molecular weight is 238 g/mol. The molecule has 0 aliphatic carbocycles. The first-order chi connectivity index (χ1) is 7.47. The van der Waals surface area contributed by atoms with Gasteiger partial charge in [0.15, 0.2) is 0 Å². The molecule has 0 saturated heterocycles. The van der Waals surface area contributed by atoms with Crippen molar-refractivity contribution in [1.29, 1.82) is 0 Å². The van der Waals surface area contributed by atoms with E-state index in [0.717, 1.165) is 18.7 Å². The van der Waals surface area contributed by atoms with E-state index >= 15 is 0 Å². The summed E-state index contributed by atoms with van der Waals surface area (Å²) in [6, 6.07) is 0. The number of nitrogens with one attached hydrogen (secondary N) is 1. The molecule has 16 heavy (non-hydrogen) atoms. The fourth-order valence-corrected chi connectivity index (χ4v) is 2.28. The van der Waals surface area contributed by atoms with E-state index in [2.05, 4.69) is 49.5 Å². The standard InChI is InChI=1S/C13H22N2S/c1-6-10(8-14-5)7-11-9-16-12(15-11)13(2,3)4/h7,9,14H,6,8H2,1-5H3. The van der Waals surface area contributed by atoms with Crippen LogP contribution in [0.5, 0.6) is 0 Å². The molecule has 0 radical (unpaired) electrons. The normalized spacial score (nSPS) is 13.2. The van der Waals surface area contributed by atoms with Crippen molar-refractivity contribution in [2.75, 3.05) is 13.6 Å². The van der Waals surface area contributed by atoms with E-state index in [1.807, 2.05) is 7.05 Å². The van der Waals surface area contributed by atoms with Gasteiger partial charge in [0.05, 0.1) is 10.7 Å². The first kappa shape index (κ1) is 13.4. The van der Waals surface area contributed by atoms with Crippen molar-refractivity contribution < 1.29 is 0 Å². The number of thiazole rings is 1. The molecule has 3 heteroatoms. The molecule has 0 fully saturated rings. The summed E-state index contributed by atoms with van der Waals surface area (Å²) in [5.74, 6) is 0. The van der Waals surface area contributed by atoms with Crippen LogP contribution >= 0.6 is 11.3 Å². The molecule has 0 aromatic carbocycles. The van der Waals surface area contributed by atoms with Crippen LogP contribution in [0.25, 0.3) is 6.08 Å². The van der Waals surface area contributed by atoms with E-state index in [9.17, 15) is 0 Å². The second kappa shape index (κ2) is 5.60. The van der Waals surface area contributed by atoms with Crippen LogP contribution in [-0.2, 0) is 5.41 Å². The minimum Gasteiger partial charge on any atom is -0.316 e. The number of rotatable bonds is 4. The van der Waals surface area contributed by atoms with Crippen molar-refractivity contribution >= 4 is 17.4 Å². The molecular formula is C13H22N2S. The SMILES string of the molecule is CCC(=Cc1csc(C(C)(C)C)n1)CNC. The van der Waals surface area contributed by atoms with Crippen LogP contribution in [0.1, 0.15) is 44.8 Å². The zero-order valence-corrected chi connectivity index (χ0v) is 11.7. The molecule has 0 amide bonds. The third-order valence-corrected chi connectivity index (χ3v) is 3.66. The Morgan fingerprint density at radius 1 is 1.50 bits per heavy atom. The Hall–Kier alpha value is -0.670. The first-order valence-electron chi connectivity index (χ1n) is 5.77. The first-order valence-corrected chi connectivity index (χ1v) is 6.65. The van der Waals surface area contributed by atoms with Crippen LogP contribution in [0, 0.1) is 0 Å². The maximum atomic E-state index is 4.67. The van der Waals surface area contributed by atoms with Gasteiger partial charge in [-0.15, -0.1) is 11.3 Å². The molecular weight excluding hydrogens is 216 g/mol. The molecule has 0 aliphatic heterocycles. The Bertz CT molecular complexity index is 358. The molecule has 0 atom stereocenters. The summed E-state index contributed by atoms with van der Waals surface area (Å²) < 4.78 is 0. The number of hydrogen-bond acceptors (Lipinski definition) is 3. The van der Waals surface area contributed by atoms with E-state index in [0.29, 0.717) is 0 Å². The van der Waals surface area contributed by atoms with E-state index in [1.165, 1.54) is 10.6 Å². The van der Waals surface area contributed by atoms with E-state index in [1.54, 1.807) is 11.3 Å². The molecule has 0 spiro atoms. The summed E-state index contributed by atoms with van der Waals surface area (Å²) in [5, 5.41) is 6.54. The lowest BCUT2D eigenvalue weighted by molar-refractivity contribution is 0.585. The number of aromatic nitrogens is 1. The molecule has 90 valence electrons. The largest absolute Gasteiger partial charge is 0.316 e. The third-order valence-electron chi connectivity index (χ3n) is 2.37. The summed E-state index contributed by atoms with van der Waals surface area (Å²) >= 11 is 1.75. The van der Waals surface area contributed by atoms with Crippen LogP contribution in [0.3, 0.4) is 0 Å². The molecule has 1 aromatic rings. The highest BCUT2D eigenvalue weighted by Gasteiger charge is 2.17. The number of hydrogen-bond donors (Lipinski definition) is 1. The highest BCUT2D eigenvalue weighted by atomic mass is 32.1. The topological polar surface area (TPSA) is 24.9 Å². The average Bonchev–Trinajstić information content (AvgIpc) is 2.65. The lowest BCUT2D eigenvalue weighted by Gasteiger charge is -2.13. The van der Waals surface area contributed by atoms with Crippen LogP contribution < -0.4 is 5.32 Å². The van der Waals surface area contributed by atoms with Gasteiger partial charge in [0.1, 0.15) is 0 Å². The van der Waals surface area contributed by atoms with Crippen molar-refractivity contribution in [2.24, 2.45) is 0 Å². The van der Waals surface area contributed by atoms with Gasteiger partial charge >= 0.3 is 0 Å². The fourth-order valence-electron chi connectivity index (χ4n) is 1.41. The summed E-state index contributed by atoms with van der Waals surface area (Å²) in [4.78, 5) is 4.67. The Morgan fingerprint density at radius 3 is 2.62 bits per heavy atom. The van der Waals surface area contributed by atoms with Gasteiger partial charge in [0, 0.05) is 17.3 Å².